The molecule has 0 unspecified atom stereocenters. The Bertz CT molecular complexity index is 557. The van der Waals surface area contributed by atoms with Crippen LogP contribution in [0.4, 0.5) is 0 Å². The van der Waals surface area contributed by atoms with E-state index in [0.717, 1.165) is 17.4 Å². The lowest BCUT2D eigenvalue weighted by atomic mass is 9.76. The molecule has 0 aromatic heterocycles. The van der Waals surface area contributed by atoms with E-state index in [-0.39, 0.29) is 11.2 Å². The van der Waals surface area contributed by atoms with Crippen LogP contribution in [-0.2, 0) is 5.41 Å². The quantitative estimate of drug-likeness (QED) is 0.833. The molecule has 0 heterocycles. The maximum atomic E-state index is 11.2. The average molecular weight is 240 g/mol. The first-order valence-corrected chi connectivity index (χ1v) is 5.90. The summed E-state index contributed by atoms with van der Waals surface area (Å²) in [5, 5.41) is 9.77. The minimum Gasteiger partial charge on any atom is -0.507 e. The van der Waals surface area contributed by atoms with Crippen LogP contribution < -0.4 is 0 Å². The van der Waals surface area contributed by atoms with Gasteiger partial charge in [0, 0.05) is 5.41 Å². The van der Waals surface area contributed by atoms with E-state index < -0.39 is 0 Å². The van der Waals surface area contributed by atoms with E-state index in [1.54, 1.807) is 6.07 Å². The molecule has 1 N–H and O–H groups in total. The Hall–Kier alpha value is -2.09. The molecule has 2 aromatic rings. The number of aldehydes is 1. The Morgan fingerprint density at radius 3 is 2.28 bits per heavy atom. The second-order valence-electron chi connectivity index (χ2n) is 4.85. The number of phenols is 1. The SMILES string of the molecule is CC(C)(c1ccccc1)c1cccc(O)c1C=O. The van der Waals surface area contributed by atoms with E-state index in [4.69, 9.17) is 0 Å². The Balaban J connectivity index is 2.61. The average Bonchev–Trinajstić information content (AvgIpc) is 2.39. The van der Waals surface area contributed by atoms with Crippen molar-refractivity contribution in [2.45, 2.75) is 19.3 Å². The second kappa shape index (κ2) is 4.65. The number of carbonyl (C=O) groups is 1. The molecule has 18 heavy (non-hydrogen) atoms. The van der Waals surface area contributed by atoms with Gasteiger partial charge in [-0.2, -0.15) is 0 Å². The van der Waals surface area contributed by atoms with E-state index in [2.05, 4.69) is 0 Å². The highest BCUT2D eigenvalue weighted by atomic mass is 16.3. The van der Waals surface area contributed by atoms with Gasteiger partial charge in [-0.05, 0) is 17.2 Å². The van der Waals surface area contributed by atoms with Crippen molar-refractivity contribution < 1.29 is 9.90 Å². The van der Waals surface area contributed by atoms with Crippen LogP contribution in [0.1, 0.15) is 35.3 Å². The van der Waals surface area contributed by atoms with Crippen molar-refractivity contribution in [2.75, 3.05) is 0 Å². The molecule has 92 valence electrons. The van der Waals surface area contributed by atoms with E-state index >= 15 is 0 Å². The molecule has 0 saturated heterocycles. The van der Waals surface area contributed by atoms with E-state index in [1.165, 1.54) is 6.07 Å². The first kappa shape index (κ1) is 12.4. The van der Waals surface area contributed by atoms with Crippen molar-refractivity contribution >= 4 is 6.29 Å². The maximum Gasteiger partial charge on any atom is 0.154 e. The molecule has 2 nitrogen and oxygen atoms in total. The highest BCUT2D eigenvalue weighted by molar-refractivity contribution is 5.82. The van der Waals surface area contributed by atoms with Crippen molar-refractivity contribution in [3.8, 4) is 5.75 Å². The second-order valence-corrected chi connectivity index (χ2v) is 4.85. The van der Waals surface area contributed by atoms with Crippen LogP contribution in [0.15, 0.2) is 48.5 Å². The Labute approximate surface area is 107 Å². The first-order valence-electron chi connectivity index (χ1n) is 5.90. The van der Waals surface area contributed by atoms with Crippen molar-refractivity contribution in [1.82, 2.24) is 0 Å². The van der Waals surface area contributed by atoms with Crippen LogP contribution in [0.25, 0.3) is 0 Å². The number of carbonyl (C=O) groups excluding carboxylic acids is 1. The summed E-state index contributed by atoms with van der Waals surface area (Å²) in [5.41, 5.74) is 1.99. The van der Waals surface area contributed by atoms with Crippen LogP contribution in [-0.4, -0.2) is 11.4 Å². The van der Waals surface area contributed by atoms with Gasteiger partial charge in [0.25, 0.3) is 0 Å². The minimum absolute atomic E-state index is 0.0338. The van der Waals surface area contributed by atoms with Crippen LogP contribution in [0.3, 0.4) is 0 Å². The standard InChI is InChI=1S/C16H16O2/c1-16(2,12-7-4-3-5-8-12)14-9-6-10-15(18)13(14)11-17/h3-11,18H,1-2H3. The molecule has 0 amide bonds. The minimum atomic E-state index is -0.323. The molecule has 2 aromatic carbocycles. The summed E-state index contributed by atoms with van der Waals surface area (Å²) in [6, 6.07) is 15.1. The summed E-state index contributed by atoms with van der Waals surface area (Å²) < 4.78 is 0. The first-order chi connectivity index (χ1) is 8.57. The molecule has 0 spiro atoms. The Kier molecular flexibility index (Phi) is 3.19. The maximum absolute atomic E-state index is 11.2. The largest absolute Gasteiger partial charge is 0.507 e. The molecule has 0 aliphatic heterocycles. The molecule has 0 aliphatic carbocycles. The number of hydrogen-bond donors (Lipinski definition) is 1. The van der Waals surface area contributed by atoms with Crippen LogP contribution in [0.5, 0.6) is 5.75 Å². The van der Waals surface area contributed by atoms with Gasteiger partial charge in [0.15, 0.2) is 6.29 Å². The van der Waals surface area contributed by atoms with E-state index in [0.29, 0.717) is 5.56 Å². The van der Waals surface area contributed by atoms with Crippen LogP contribution in [0, 0.1) is 0 Å². The van der Waals surface area contributed by atoms with Gasteiger partial charge < -0.3 is 5.11 Å². The monoisotopic (exact) mass is 240 g/mol. The summed E-state index contributed by atoms with van der Waals surface area (Å²) in [4.78, 5) is 11.2. The third-order valence-electron chi connectivity index (χ3n) is 3.37. The fourth-order valence-electron chi connectivity index (χ4n) is 2.23. The molecule has 0 atom stereocenters. The summed E-state index contributed by atoms with van der Waals surface area (Å²) >= 11 is 0. The van der Waals surface area contributed by atoms with Crippen LogP contribution in [0.2, 0.25) is 0 Å². The molecule has 0 bridgehead atoms. The normalized spacial score (nSPS) is 11.2. The van der Waals surface area contributed by atoms with Gasteiger partial charge in [-0.1, -0.05) is 56.3 Å². The lowest BCUT2D eigenvalue weighted by Gasteiger charge is -2.27. The van der Waals surface area contributed by atoms with Gasteiger partial charge in [0.1, 0.15) is 5.75 Å². The number of phenolic OH excluding ortho intramolecular Hbond substituents is 1. The summed E-state index contributed by atoms with van der Waals surface area (Å²) in [6.07, 6.45) is 0.718. The fraction of sp³-hybridized carbons (Fsp3) is 0.188. The predicted octanol–water partition coefficient (Wildman–Crippen LogP) is 3.53. The number of aromatic hydroxyl groups is 1. The lowest BCUT2D eigenvalue weighted by Crippen LogP contribution is -2.20. The third-order valence-corrected chi connectivity index (χ3v) is 3.37. The summed E-state index contributed by atoms with van der Waals surface area (Å²) in [6.45, 7) is 4.09. The van der Waals surface area contributed by atoms with Crippen molar-refractivity contribution in [1.29, 1.82) is 0 Å². The predicted molar refractivity (Wildman–Crippen MR) is 72.1 cm³/mol. The zero-order chi connectivity index (χ0) is 13.2. The van der Waals surface area contributed by atoms with Crippen molar-refractivity contribution in [3.63, 3.8) is 0 Å². The molecular formula is C16H16O2. The number of benzene rings is 2. The molecule has 0 aliphatic rings. The third kappa shape index (κ3) is 2.02. The van der Waals surface area contributed by atoms with Crippen LogP contribution >= 0.6 is 0 Å². The number of rotatable bonds is 3. The lowest BCUT2D eigenvalue weighted by molar-refractivity contribution is 0.111. The van der Waals surface area contributed by atoms with Gasteiger partial charge in [-0.25, -0.2) is 0 Å². The van der Waals surface area contributed by atoms with Gasteiger partial charge in [0.05, 0.1) is 5.56 Å². The van der Waals surface area contributed by atoms with Gasteiger partial charge >= 0.3 is 0 Å². The zero-order valence-electron chi connectivity index (χ0n) is 10.6. The van der Waals surface area contributed by atoms with E-state index in [1.807, 2.05) is 50.2 Å². The fourth-order valence-corrected chi connectivity index (χ4v) is 2.23. The Morgan fingerprint density at radius 1 is 1.00 bits per heavy atom. The zero-order valence-corrected chi connectivity index (χ0v) is 10.6. The van der Waals surface area contributed by atoms with E-state index in [9.17, 15) is 9.90 Å². The molecule has 0 fully saturated rings. The smallest absolute Gasteiger partial charge is 0.154 e. The molecule has 0 radical (unpaired) electrons. The molecular weight excluding hydrogens is 224 g/mol. The van der Waals surface area contributed by atoms with Crippen molar-refractivity contribution in [3.05, 3.63) is 65.2 Å². The number of hydrogen-bond acceptors (Lipinski definition) is 2. The topological polar surface area (TPSA) is 37.3 Å². The molecule has 2 rings (SSSR count). The highest BCUT2D eigenvalue weighted by Gasteiger charge is 2.26. The van der Waals surface area contributed by atoms with Gasteiger partial charge in [-0.15, -0.1) is 0 Å². The van der Waals surface area contributed by atoms with Crippen molar-refractivity contribution in [2.24, 2.45) is 0 Å². The summed E-state index contributed by atoms with van der Waals surface area (Å²) in [5.74, 6) is 0.0338. The molecule has 2 heteroatoms. The van der Waals surface area contributed by atoms with Gasteiger partial charge in [0.2, 0.25) is 0 Å². The Morgan fingerprint density at radius 2 is 1.67 bits per heavy atom. The van der Waals surface area contributed by atoms with Gasteiger partial charge in [-0.3, -0.25) is 4.79 Å². The highest BCUT2D eigenvalue weighted by Crippen LogP contribution is 2.35. The summed E-state index contributed by atoms with van der Waals surface area (Å²) in [7, 11) is 0. The molecule has 0 saturated carbocycles.